The minimum absolute atomic E-state index is 0.373. The van der Waals surface area contributed by atoms with Crippen LogP contribution >= 0.6 is 11.3 Å². The Morgan fingerprint density at radius 3 is 3.00 bits per heavy atom. The highest BCUT2D eigenvalue weighted by Crippen LogP contribution is 2.22. The van der Waals surface area contributed by atoms with Crippen molar-refractivity contribution in [1.29, 1.82) is 0 Å². The summed E-state index contributed by atoms with van der Waals surface area (Å²) in [6.45, 7) is 4.44. The van der Waals surface area contributed by atoms with Crippen LogP contribution in [0.25, 0.3) is 10.2 Å². The minimum atomic E-state index is 0.373. The van der Waals surface area contributed by atoms with E-state index in [-0.39, 0.29) is 0 Å². The number of rotatable bonds is 7. The Morgan fingerprint density at radius 1 is 1.37 bits per heavy atom. The number of nitrogens with zero attached hydrogens (tertiary/aromatic N) is 2. The quantitative estimate of drug-likeness (QED) is 0.787. The molecule has 1 atom stereocenters. The van der Waals surface area contributed by atoms with Crippen LogP contribution < -0.4 is 5.32 Å². The van der Waals surface area contributed by atoms with E-state index in [1.807, 2.05) is 6.20 Å². The fraction of sp³-hybridized carbons (Fsp3) is 0.533. The molecule has 2 heterocycles. The van der Waals surface area contributed by atoms with Crippen molar-refractivity contribution in [3.8, 4) is 0 Å². The Morgan fingerprint density at radius 2 is 2.21 bits per heavy atom. The summed E-state index contributed by atoms with van der Waals surface area (Å²) in [7, 11) is 4.25. The van der Waals surface area contributed by atoms with Crippen LogP contribution in [0.2, 0.25) is 0 Å². The number of unbranched alkanes of at least 4 members (excludes halogenated alkanes) is 1. The van der Waals surface area contributed by atoms with Crippen molar-refractivity contribution >= 4 is 21.6 Å². The van der Waals surface area contributed by atoms with Gasteiger partial charge in [-0.2, -0.15) is 0 Å². The van der Waals surface area contributed by atoms with Gasteiger partial charge in [-0.3, -0.25) is 4.98 Å². The van der Waals surface area contributed by atoms with Crippen molar-refractivity contribution in [2.24, 2.45) is 0 Å². The zero-order chi connectivity index (χ0) is 13.7. The van der Waals surface area contributed by atoms with Gasteiger partial charge >= 0.3 is 0 Å². The summed E-state index contributed by atoms with van der Waals surface area (Å²) in [6.07, 6.45) is 4.46. The normalized spacial score (nSPS) is 13.3. The smallest absolute Gasteiger partial charge is 0.0809 e. The molecule has 1 unspecified atom stereocenters. The van der Waals surface area contributed by atoms with Crippen molar-refractivity contribution in [2.75, 3.05) is 27.2 Å². The van der Waals surface area contributed by atoms with Crippen LogP contribution in [-0.4, -0.2) is 37.1 Å². The van der Waals surface area contributed by atoms with E-state index in [2.05, 4.69) is 53.7 Å². The summed E-state index contributed by atoms with van der Waals surface area (Å²) in [5, 5.41) is 5.67. The number of hydrogen-bond acceptors (Lipinski definition) is 4. The highest BCUT2D eigenvalue weighted by molar-refractivity contribution is 7.17. The van der Waals surface area contributed by atoms with E-state index in [0.29, 0.717) is 6.04 Å². The number of pyridine rings is 1. The molecule has 0 aliphatic rings. The first-order chi connectivity index (χ1) is 9.16. The average Bonchev–Trinajstić information content (AvgIpc) is 2.84. The van der Waals surface area contributed by atoms with E-state index in [0.717, 1.165) is 12.1 Å². The number of fused-ring (bicyclic) bond motifs is 1. The Labute approximate surface area is 119 Å². The van der Waals surface area contributed by atoms with E-state index in [9.17, 15) is 0 Å². The van der Waals surface area contributed by atoms with Gasteiger partial charge in [0.2, 0.25) is 0 Å². The summed E-state index contributed by atoms with van der Waals surface area (Å²) in [5.41, 5.74) is 2.38. The van der Waals surface area contributed by atoms with Gasteiger partial charge in [-0.1, -0.05) is 0 Å². The lowest BCUT2D eigenvalue weighted by atomic mass is 10.1. The first-order valence-electron chi connectivity index (χ1n) is 6.88. The van der Waals surface area contributed by atoms with Gasteiger partial charge in [0.1, 0.15) is 0 Å². The number of thiophene rings is 1. The van der Waals surface area contributed by atoms with Gasteiger partial charge < -0.3 is 10.2 Å². The van der Waals surface area contributed by atoms with E-state index < -0.39 is 0 Å². The highest BCUT2D eigenvalue weighted by Gasteiger charge is 2.06. The molecule has 4 heteroatoms. The predicted molar refractivity (Wildman–Crippen MR) is 83.8 cm³/mol. The van der Waals surface area contributed by atoms with Crippen molar-refractivity contribution < 1.29 is 0 Å². The Hall–Kier alpha value is -0.970. The summed E-state index contributed by atoms with van der Waals surface area (Å²) in [5.74, 6) is 0. The third-order valence-electron chi connectivity index (χ3n) is 3.31. The molecule has 0 saturated carbocycles. The standard InChI is InChI=1S/C15H23N3S/c1-12(16-7-4-5-8-18(2)3)13-10-15-14(17-11-13)6-9-19-15/h6,9-12,16H,4-5,7-8H2,1-3H3. The van der Waals surface area contributed by atoms with Crippen molar-refractivity contribution in [3.63, 3.8) is 0 Å². The maximum absolute atomic E-state index is 4.49. The molecule has 0 aliphatic carbocycles. The largest absolute Gasteiger partial charge is 0.310 e. The number of aromatic nitrogens is 1. The summed E-state index contributed by atoms with van der Waals surface area (Å²) in [6, 6.07) is 4.70. The monoisotopic (exact) mass is 277 g/mol. The molecule has 0 saturated heterocycles. The van der Waals surface area contributed by atoms with E-state index >= 15 is 0 Å². The highest BCUT2D eigenvalue weighted by atomic mass is 32.1. The molecular formula is C15H23N3S. The molecule has 1 N–H and O–H groups in total. The number of nitrogens with one attached hydrogen (secondary N) is 1. The van der Waals surface area contributed by atoms with Gasteiger partial charge in [0.15, 0.2) is 0 Å². The Kier molecular flexibility index (Phi) is 5.31. The van der Waals surface area contributed by atoms with Crippen LogP contribution in [0.4, 0.5) is 0 Å². The van der Waals surface area contributed by atoms with Crippen LogP contribution in [0.3, 0.4) is 0 Å². The molecule has 2 rings (SSSR count). The second kappa shape index (κ2) is 6.98. The lowest BCUT2D eigenvalue weighted by Crippen LogP contribution is -2.21. The molecule has 2 aromatic rings. The van der Waals surface area contributed by atoms with Crippen LogP contribution in [-0.2, 0) is 0 Å². The van der Waals surface area contributed by atoms with Gasteiger partial charge in [-0.25, -0.2) is 0 Å². The molecule has 0 aromatic carbocycles. The predicted octanol–water partition coefficient (Wildman–Crippen LogP) is 3.29. The first kappa shape index (κ1) is 14.4. The lowest BCUT2D eigenvalue weighted by molar-refractivity contribution is 0.389. The maximum Gasteiger partial charge on any atom is 0.0809 e. The van der Waals surface area contributed by atoms with Crippen LogP contribution in [0.5, 0.6) is 0 Å². The van der Waals surface area contributed by atoms with Crippen LogP contribution in [0.1, 0.15) is 31.4 Å². The van der Waals surface area contributed by atoms with E-state index in [4.69, 9.17) is 0 Å². The topological polar surface area (TPSA) is 28.2 Å². The fourth-order valence-corrected chi connectivity index (χ4v) is 2.88. The molecule has 0 amide bonds. The molecule has 3 nitrogen and oxygen atoms in total. The summed E-state index contributed by atoms with van der Waals surface area (Å²) >= 11 is 1.76. The SMILES string of the molecule is CC(NCCCCN(C)C)c1cnc2ccsc2c1. The van der Waals surface area contributed by atoms with Crippen LogP contribution in [0, 0.1) is 0 Å². The Balaban J connectivity index is 1.80. The summed E-state index contributed by atoms with van der Waals surface area (Å²) in [4.78, 5) is 6.73. The number of hydrogen-bond donors (Lipinski definition) is 1. The third kappa shape index (κ3) is 4.27. The molecule has 0 aliphatic heterocycles. The zero-order valence-electron chi connectivity index (χ0n) is 12.0. The van der Waals surface area contributed by atoms with Crippen LogP contribution in [0.15, 0.2) is 23.7 Å². The fourth-order valence-electron chi connectivity index (χ4n) is 2.09. The van der Waals surface area contributed by atoms with E-state index in [1.54, 1.807) is 11.3 Å². The Bertz CT molecular complexity index is 507. The second-order valence-corrected chi connectivity index (χ2v) is 6.21. The van der Waals surface area contributed by atoms with Crippen molar-refractivity contribution in [3.05, 3.63) is 29.3 Å². The molecule has 19 heavy (non-hydrogen) atoms. The molecule has 104 valence electrons. The van der Waals surface area contributed by atoms with Gasteiger partial charge in [0, 0.05) is 12.2 Å². The van der Waals surface area contributed by atoms with Crippen molar-refractivity contribution in [2.45, 2.75) is 25.8 Å². The molecule has 0 radical (unpaired) electrons. The van der Waals surface area contributed by atoms with Crippen molar-refractivity contribution in [1.82, 2.24) is 15.2 Å². The molecule has 0 bridgehead atoms. The second-order valence-electron chi connectivity index (χ2n) is 5.26. The minimum Gasteiger partial charge on any atom is -0.310 e. The first-order valence-corrected chi connectivity index (χ1v) is 7.76. The lowest BCUT2D eigenvalue weighted by Gasteiger charge is -2.14. The molecular weight excluding hydrogens is 254 g/mol. The van der Waals surface area contributed by atoms with Gasteiger partial charge in [0.25, 0.3) is 0 Å². The van der Waals surface area contributed by atoms with Gasteiger partial charge in [-0.05, 0) is 70.0 Å². The molecule has 2 aromatic heterocycles. The average molecular weight is 277 g/mol. The third-order valence-corrected chi connectivity index (χ3v) is 4.16. The van der Waals surface area contributed by atoms with Gasteiger partial charge in [-0.15, -0.1) is 11.3 Å². The molecule has 0 fully saturated rings. The maximum atomic E-state index is 4.49. The zero-order valence-corrected chi connectivity index (χ0v) is 12.8. The van der Waals surface area contributed by atoms with Gasteiger partial charge in [0.05, 0.1) is 10.2 Å². The summed E-state index contributed by atoms with van der Waals surface area (Å²) < 4.78 is 1.28. The van der Waals surface area contributed by atoms with E-state index in [1.165, 1.54) is 29.6 Å². The molecule has 0 spiro atoms.